The van der Waals surface area contributed by atoms with Crippen molar-refractivity contribution in [1.82, 2.24) is 5.32 Å². The molecule has 0 aromatic heterocycles. The minimum atomic E-state index is -0.145. The number of nitrogens with one attached hydrogen (secondary N) is 1. The molecule has 1 aliphatic carbocycles. The highest BCUT2D eigenvalue weighted by molar-refractivity contribution is 7.99. The van der Waals surface area contributed by atoms with Crippen molar-refractivity contribution in [3.05, 3.63) is 34.6 Å². The minimum absolute atomic E-state index is 0.145. The van der Waals surface area contributed by atoms with Gasteiger partial charge in [-0.15, -0.1) is 0 Å². The zero-order chi connectivity index (χ0) is 15.1. The van der Waals surface area contributed by atoms with Gasteiger partial charge in [-0.25, -0.2) is 4.39 Å². The molecule has 1 nitrogen and oxygen atoms in total. The first-order valence-corrected chi connectivity index (χ1v) is 9.40. The summed E-state index contributed by atoms with van der Waals surface area (Å²) in [5, 5.41) is 4.98. The quantitative estimate of drug-likeness (QED) is 0.715. The monoisotopic (exact) mass is 329 g/mol. The van der Waals surface area contributed by atoms with Crippen molar-refractivity contribution in [1.29, 1.82) is 0 Å². The summed E-state index contributed by atoms with van der Waals surface area (Å²) < 4.78 is 13.9. The average molecular weight is 330 g/mol. The summed E-state index contributed by atoms with van der Waals surface area (Å²) >= 11 is 8.05. The third kappa shape index (κ3) is 5.80. The molecule has 0 saturated heterocycles. The lowest BCUT2D eigenvalue weighted by Gasteiger charge is -2.20. The van der Waals surface area contributed by atoms with Crippen molar-refractivity contribution >= 4 is 23.4 Å². The molecule has 0 spiro atoms. The van der Waals surface area contributed by atoms with Gasteiger partial charge in [0.2, 0.25) is 0 Å². The van der Waals surface area contributed by atoms with E-state index >= 15 is 0 Å². The van der Waals surface area contributed by atoms with Gasteiger partial charge >= 0.3 is 0 Å². The SMILES string of the molecule is CCCNC(CSC1CCCC1)Cc1cc(Cl)ccc1F. The summed E-state index contributed by atoms with van der Waals surface area (Å²) in [5.74, 6) is 0.907. The Morgan fingerprint density at radius 3 is 2.86 bits per heavy atom. The molecule has 118 valence electrons. The lowest BCUT2D eigenvalue weighted by molar-refractivity contribution is 0.530. The lowest BCUT2D eigenvalue weighted by Crippen LogP contribution is -2.34. The fourth-order valence-electron chi connectivity index (χ4n) is 2.81. The van der Waals surface area contributed by atoms with E-state index in [2.05, 4.69) is 24.0 Å². The van der Waals surface area contributed by atoms with E-state index in [0.29, 0.717) is 17.5 Å². The Hall–Kier alpha value is -0.250. The molecule has 1 saturated carbocycles. The van der Waals surface area contributed by atoms with Crippen LogP contribution in [-0.4, -0.2) is 23.6 Å². The highest BCUT2D eigenvalue weighted by atomic mass is 35.5. The van der Waals surface area contributed by atoms with Gasteiger partial charge in [0.25, 0.3) is 0 Å². The summed E-state index contributed by atoms with van der Waals surface area (Å²) in [6, 6.07) is 5.17. The number of rotatable bonds is 8. The van der Waals surface area contributed by atoms with Crippen LogP contribution >= 0.6 is 23.4 Å². The predicted molar refractivity (Wildman–Crippen MR) is 91.9 cm³/mol. The molecule has 1 unspecified atom stereocenters. The van der Waals surface area contributed by atoms with Gasteiger partial charge in [0.15, 0.2) is 0 Å². The summed E-state index contributed by atoms with van der Waals surface area (Å²) in [6.45, 7) is 3.15. The van der Waals surface area contributed by atoms with Gasteiger partial charge in [0.1, 0.15) is 5.82 Å². The highest BCUT2D eigenvalue weighted by Crippen LogP contribution is 2.30. The molecule has 1 aromatic rings. The van der Waals surface area contributed by atoms with Crippen molar-refractivity contribution in [2.45, 2.75) is 56.7 Å². The fraction of sp³-hybridized carbons (Fsp3) is 0.647. The van der Waals surface area contributed by atoms with Crippen molar-refractivity contribution in [3.8, 4) is 0 Å². The predicted octanol–water partition coefficient (Wildman–Crippen LogP) is 5.07. The molecule has 0 bridgehead atoms. The molecule has 0 radical (unpaired) electrons. The molecule has 1 fully saturated rings. The van der Waals surface area contributed by atoms with Gasteiger partial charge in [-0.1, -0.05) is 31.4 Å². The summed E-state index contributed by atoms with van der Waals surface area (Å²) in [5.41, 5.74) is 0.725. The van der Waals surface area contributed by atoms with Crippen LogP contribution in [-0.2, 0) is 6.42 Å². The molecule has 1 aliphatic rings. The smallest absolute Gasteiger partial charge is 0.126 e. The molecule has 0 amide bonds. The highest BCUT2D eigenvalue weighted by Gasteiger charge is 2.18. The number of hydrogen-bond acceptors (Lipinski definition) is 2. The molecule has 1 N–H and O–H groups in total. The standard InChI is InChI=1S/C17H25ClFNS/c1-2-9-20-15(12-21-16-5-3-4-6-16)11-13-10-14(18)7-8-17(13)19/h7-8,10,15-16,20H,2-6,9,11-12H2,1H3. The maximum Gasteiger partial charge on any atom is 0.126 e. The number of hydrogen-bond donors (Lipinski definition) is 1. The van der Waals surface area contributed by atoms with E-state index in [1.807, 2.05) is 0 Å². The third-order valence-electron chi connectivity index (χ3n) is 3.99. The first kappa shape index (κ1) is 17.1. The Bertz CT molecular complexity index is 435. The van der Waals surface area contributed by atoms with Crippen LogP contribution in [0.1, 0.15) is 44.6 Å². The molecular formula is C17H25ClFNS. The van der Waals surface area contributed by atoms with Crippen LogP contribution in [0.15, 0.2) is 18.2 Å². The van der Waals surface area contributed by atoms with Crippen molar-refractivity contribution in [3.63, 3.8) is 0 Å². The first-order chi connectivity index (χ1) is 10.2. The lowest BCUT2D eigenvalue weighted by atomic mass is 10.1. The first-order valence-electron chi connectivity index (χ1n) is 7.98. The average Bonchev–Trinajstić information content (AvgIpc) is 2.99. The molecule has 2 rings (SSSR count). The normalized spacial score (nSPS) is 17.3. The molecule has 4 heteroatoms. The largest absolute Gasteiger partial charge is 0.313 e. The molecule has 1 atom stereocenters. The Balaban J connectivity index is 1.92. The second kappa shape index (κ2) is 9.02. The van der Waals surface area contributed by atoms with E-state index < -0.39 is 0 Å². The maximum atomic E-state index is 13.9. The molecule has 0 heterocycles. The van der Waals surface area contributed by atoms with Gasteiger partial charge in [-0.3, -0.25) is 0 Å². The molecule has 0 aliphatic heterocycles. The second-order valence-corrected chi connectivity index (χ2v) is 7.60. The van der Waals surface area contributed by atoms with E-state index in [0.717, 1.165) is 29.5 Å². The Kier molecular flexibility index (Phi) is 7.35. The number of benzene rings is 1. The van der Waals surface area contributed by atoms with E-state index in [-0.39, 0.29) is 5.82 Å². The van der Waals surface area contributed by atoms with E-state index in [4.69, 9.17) is 11.6 Å². The van der Waals surface area contributed by atoms with Gasteiger partial charge in [-0.05, 0) is 56.0 Å². The van der Waals surface area contributed by atoms with E-state index in [1.165, 1.54) is 31.7 Å². The Morgan fingerprint density at radius 1 is 1.38 bits per heavy atom. The minimum Gasteiger partial charge on any atom is -0.313 e. The second-order valence-electron chi connectivity index (χ2n) is 5.83. The van der Waals surface area contributed by atoms with Crippen LogP contribution in [0.2, 0.25) is 5.02 Å². The molecule has 1 aromatic carbocycles. The van der Waals surface area contributed by atoms with Crippen LogP contribution in [0.4, 0.5) is 4.39 Å². The zero-order valence-electron chi connectivity index (χ0n) is 12.7. The summed E-state index contributed by atoms with van der Waals surface area (Å²) in [7, 11) is 0. The Morgan fingerprint density at radius 2 is 2.14 bits per heavy atom. The topological polar surface area (TPSA) is 12.0 Å². The van der Waals surface area contributed by atoms with Crippen LogP contribution < -0.4 is 5.32 Å². The van der Waals surface area contributed by atoms with Crippen molar-refractivity contribution in [2.24, 2.45) is 0 Å². The van der Waals surface area contributed by atoms with E-state index in [9.17, 15) is 4.39 Å². The van der Waals surface area contributed by atoms with Crippen molar-refractivity contribution < 1.29 is 4.39 Å². The van der Waals surface area contributed by atoms with Gasteiger partial charge in [-0.2, -0.15) is 11.8 Å². The van der Waals surface area contributed by atoms with Crippen LogP contribution in [0.25, 0.3) is 0 Å². The number of thioether (sulfide) groups is 1. The van der Waals surface area contributed by atoms with Gasteiger partial charge in [0, 0.05) is 22.1 Å². The van der Waals surface area contributed by atoms with Gasteiger partial charge in [0.05, 0.1) is 0 Å². The van der Waals surface area contributed by atoms with Crippen LogP contribution in [0.5, 0.6) is 0 Å². The van der Waals surface area contributed by atoms with Gasteiger partial charge < -0.3 is 5.32 Å². The zero-order valence-corrected chi connectivity index (χ0v) is 14.3. The van der Waals surface area contributed by atoms with E-state index in [1.54, 1.807) is 12.1 Å². The fourth-order valence-corrected chi connectivity index (χ4v) is 4.41. The molecule has 21 heavy (non-hydrogen) atoms. The third-order valence-corrected chi connectivity index (χ3v) is 5.77. The maximum absolute atomic E-state index is 13.9. The molecular weight excluding hydrogens is 305 g/mol. The Labute approximate surface area is 137 Å². The summed E-state index contributed by atoms with van der Waals surface area (Å²) in [6.07, 6.45) is 7.24. The number of halogens is 2. The summed E-state index contributed by atoms with van der Waals surface area (Å²) in [4.78, 5) is 0. The van der Waals surface area contributed by atoms with Crippen molar-refractivity contribution in [2.75, 3.05) is 12.3 Å². The van der Waals surface area contributed by atoms with Crippen LogP contribution in [0, 0.1) is 5.82 Å². The van der Waals surface area contributed by atoms with Crippen LogP contribution in [0.3, 0.4) is 0 Å².